The van der Waals surface area contributed by atoms with Crippen molar-refractivity contribution >= 4 is 28.9 Å². The summed E-state index contributed by atoms with van der Waals surface area (Å²) in [5, 5.41) is 15.0. The molecule has 0 spiro atoms. The Bertz CT molecular complexity index is 843. The summed E-state index contributed by atoms with van der Waals surface area (Å²) in [7, 11) is 0. The second-order valence-corrected chi connectivity index (χ2v) is 6.64. The summed E-state index contributed by atoms with van der Waals surface area (Å²) >= 11 is 6.11. The number of hydrogen-bond acceptors (Lipinski definition) is 5. The fraction of sp³-hybridized carbons (Fsp3) is 0.278. The Morgan fingerprint density at radius 3 is 2.77 bits per heavy atom. The van der Waals surface area contributed by atoms with Gasteiger partial charge in [0, 0.05) is 42.3 Å². The molecule has 3 rings (SSSR count). The minimum absolute atomic E-state index is 0.0366. The average Bonchev–Trinajstić information content (AvgIpc) is 3.06. The van der Waals surface area contributed by atoms with Gasteiger partial charge in [0.1, 0.15) is 5.69 Å². The summed E-state index contributed by atoms with van der Waals surface area (Å²) in [4.78, 5) is 25.1. The number of likely N-dealkylation sites (tertiary alicyclic amines) is 1. The van der Waals surface area contributed by atoms with Crippen molar-refractivity contribution in [3.05, 3.63) is 68.7 Å². The van der Waals surface area contributed by atoms with E-state index in [0.717, 1.165) is 12.0 Å². The Labute approximate surface area is 155 Å². The van der Waals surface area contributed by atoms with Crippen molar-refractivity contribution in [2.75, 3.05) is 18.4 Å². The molecule has 26 heavy (non-hydrogen) atoms. The van der Waals surface area contributed by atoms with Gasteiger partial charge in [-0.1, -0.05) is 29.8 Å². The standard InChI is InChI=1S/C18H19ClN4O3/c19-15-4-2-1-3-13(15)10-21-16-6-5-12(9-17(16)23(25)26)18(24)22-8-7-14(20)11-22/h1-6,9,14,21H,7-8,10-11,20H2/t14-/m1/s1. The summed E-state index contributed by atoms with van der Waals surface area (Å²) in [6.45, 7) is 1.38. The van der Waals surface area contributed by atoms with E-state index in [1.54, 1.807) is 23.1 Å². The first-order valence-electron chi connectivity index (χ1n) is 8.26. The third-order valence-electron chi connectivity index (χ3n) is 4.38. The van der Waals surface area contributed by atoms with Gasteiger partial charge in [-0.15, -0.1) is 0 Å². The second kappa shape index (κ2) is 7.72. The second-order valence-electron chi connectivity index (χ2n) is 6.23. The molecule has 1 atom stereocenters. The maximum absolute atomic E-state index is 12.5. The van der Waals surface area contributed by atoms with E-state index < -0.39 is 4.92 Å². The zero-order valence-corrected chi connectivity index (χ0v) is 14.8. The van der Waals surface area contributed by atoms with E-state index in [9.17, 15) is 14.9 Å². The highest BCUT2D eigenvalue weighted by Crippen LogP contribution is 2.28. The van der Waals surface area contributed by atoms with Gasteiger partial charge in [0.05, 0.1) is 4.92 Å². The van der Waals surface area contributed by atoms with E-state index in [4.69, 9.17) is 17.3 Å². The largest absolute Gasteiger partial charge is 0.375 e. The molecule has 136 valence electrons. The number of nitrogens with two attached hydrogens (primary N) is 1. The van der Waals surface area contributed by atoms with Gasteiger partial charge in [-0.05, 0) is 30.2 Å². The molecule has 0 unspecified atom stereocenters. The van der Waals surface area contributed by atoms with Crippen LogP contribution in [0, 0.1) is 10.1 Å². The van der Waals surface area contributed by atoms with Crippen molar-refractivity contribution in [1.82, 2.24) is 4.90 Å². The van der Waals surface area contributed by atoms with Crippen LogP contribution in [0.4, 0.5) is 11.4 Å². The third-order valence-corrected chi connectivity index (χ3v) is 4.75. The van der Waals surface area contributed by atoms with Crippen molar-refractivity contribution in [3.8, 4) is 0 Å². The van der Waals surface area contributed by atoms with Crippen molar-refractivity contribution in [3.63, 3.8) is 0 Å². The molecule has 0 aromatic heterocycles. The van der Waals surface area contributed by atoms with Crippen LogP contribution in [-0.2, 0) is 6.54 Å². The Morgan fingerprint density at radius 2 is 2.12 bits per heavy atom. The number of hydrogen-bond donors (Lipinski definition) is 2. The first kappa shape index (κ1) is 18.2. The number of nitro benzene ring substituents is 1. The highest BCUT2D eigenvalue weighted by molar-refractivity contribution is 6.31. The van der Waals surface area contributed by atoms with Crippen molar-refractivity contribution in [1.29, 1.82) is 0 Å². The molecule has 7 nitrogen and oxygen atoms in total. The van der Waals surface area contributed by atoms with Crippen molar-refractivity contribution in [2.45, 2.75) is 19.0 Å². The van der Waals surface area contributed by atoms with E-state index in [-0.39, 0.29) is 23.2 Å². The number of anilines is 1. The monoisotopic (exact) mass is 374 g/mol. The van der Waals surface area contributed by atoms with E-state index in [1.165, 1.54) is 6.07 Å². The molecular weight excluding hydrogens is 356 g/mol. The van der Waals surface area contributed by atoms with Crippen molar-refractivity contribution in [2.24, 2.45) is 5.73 Å². The zero-order valence-electron chi connectivity index (χ0n) is 14.0. The van der Waals surface area contributed by atoms with Crippen LogP contribution in [0.25, 0.3) is 0 Å². The Hall–Kier alpha value is -2.64. The summed E-state index contributed by atoms with van der Waals surface area (Å²) in [6.07, 6.45) is 0.741. The molecule has 1 heterocycles. The first-order valence-corrected chi connectivity index (χ1v) is 8.64. The molecule has 8 heteroatoms. The number of benzene rings is 2. The summed E-state index contributed by atoms with van der Waals surface area (Å²) in [5.41, 5.74) is 7.13. The predicted molar refractivity (Wildman–Crippen MR) is 100 cm³/mol. The Kier molecular flexibility index (Phi) is 5.39. The van der Waals surface area contributed by atoms with Gasteiger partial charge in [-0.2, -0.15) is 0 Å². The molecule has 1 amide bonds. The van der Waals surface area contributed by atoms with Gasteiger partial charge in [-0.3, -0.25) is 14.9 Å². The first-order chi connectivity index (χ1) is 12.5. The topological polar surface area (TPSA) is 102 Å². The lowest BCUT2D eigenvalue weighted by Crippen LogP contribution is -2.31. The van der Waals surface area contributed by atoms with E-state index in [1.807, 2.05) is 18.2 Å². The maximum Gasteiger partial charge on any atom is 0.293 e. The molecular formula is C18H19ClN4O3. The molecule has 2 aromatic carbocycles. The minimum atomic E-state index is -0.499. The van der Waals surface area contributed by atoms with Crippen LogP contribution in [0.1, 0.15) is 22.3 Å². The SMILES string of the molecule is N[C@@H]1CCN(C(=O)c2ccc(NCc3ccccc3Cl)c([N+](=O)[O-])c2)C1. The summed E-state index contributed by atoms with van der Waals surface area (Å²) in [6, 6.07) is 11.7. The van der Waals surface area contributed by atoms with E-state index in [0.29, 0.717) is 30.3 Å². The molecule has 2 aromatic rings. The van der Waals surface area contributed by atoms with Gasteiger partial charge < -0.3 is 16.0 Å². The quantitative estimate of drug-likeness (QED) is 0.618. The molecule has 3 N–H and O–H groups in total. The number of rotatable bonds is 5. The van der Waals surface area contributed by atoms with Gasteiger partial charge in [0.25, 0.3) is 11.6 Å². The van der Waals surface area contributed by atoms with Crippen LogP contribution >= 0.6 is 11.6 Å². The van der Waals surface area contributed by atoms with E-state index in [2.05, 4.69) is 5.32 Å². The van der Waals surface area contributed by atoms with Gasteiger partial charge in [-0.25, -0.2) is 0 Å². The number of carbonyl (C=O) groups excluding carboxylic acids is 1. The van der Waals surface area contributed by atoms with Crippen LogP contribution < -0.4 is 11.1 Å². The predicted octanol–water partition coefficient (Wildman–Crippen LogP) is 3.03. The number of carbonyl (C=O) groups is 1. The smallest absolute Gasteiger partial charge is 0.293 e. The number of nitrogens with zero attached hydrogens (tertiary/aromatic N) is 2. The summed E-state index contributed by atoms with van der Waals surface area (Å²) < 4.78 is 0. The van der Waals surface area contributed by atoms with E-state index >= 15 is 0 Å². The summed E-state index contributed by atoms with van der Waals surface area (Å²) in [5.74, 6) is -0.237. The lowest BCUT2D eigenvalue weighted by molar-refractivity contribution is -0.384. The lowest BCUT2D eigenvalue weighted by atomic mass is 10.1. The van der Waals surface area contributed by atoms with Gasteiger partial charge >= 0.3 is 0 Å². The molecule has 1 fully saturated rings. The van der Waals surface area contributed by atoms with Gasteiger partial charge in [0.2, 0.25) is 0 Å². The molecule has 1 aliphatic rings. The van der Waals surface area contributed by atoms with Gasteiger partial charge in [0.15, 0.2) is 0 Å². The van der Waals surface area contributed by atoms with Crippen LogP contribution in [0.3, 0.4) is 0 Å². The number of halogens is 1. The molecule has 0 aliphatic carbocycles. The zero-order chi connectivity index (χ0) is 18.7. The maximum atomic E-state index is 12.5. The normalized spacial score (nSPS) is 16.5. The number of nitro groups is 1. The van der Waals surface area contributed by atoms with Crippen LogP contribution in [0.15, 0.2) is 42.5 Å². The minimum Gasteiger partial charge on any atom is -0.375 e. The van der Waals surface area contributed by atoms with Crippen LogP contribution in [-0.4, -0.2) is 34.9 Å². The fourth-order valence-electron chi connectivity index (χ4n) is 2.95. The molecule has 0 radical (unpaired) electrons. The Balaban J connectivity index is 1.80. The Morgan fingerprint density at radius 1 is 1.35 bits per heavy atom. The molecule has 1 aliphatic heterocycles. The highest BCUT2D eigenvalue weighted by atomic mass is 35.5. The average molecular weight is 375 g/mol. The number of amides is 1. The van der Waals surface area contributed by atoms with Crippen LogP contribution in [0.2, 0.25) is 5.02 Å². The molecule has 1 saturated heterocycles. The fourth-order valence-corrected chi connectivity index (χ4v) is 3.15. The highest BCUT2D eigenvalue weighted by Gasteiger charge is 2.26. The molecule has 0 bridgehead atoms. The lowest BCUT2D eigenvalue weighted by Gasteiger charge is -2.16. The van der Waals surface area contributed by atoms with Crippen LogP contribution in [0.5, 0.6) is 0 Å². The number of nitrogens with one attached hydrogen (secondary N) is 1. The van der Waals surface area contributed by atoms with Crippen molar-refractivity contribution < 1.29 is 9.72 Å². The third kappa shape index (κ3) is 3.95. The molecule has 0 saturated carbocycles.